The molecule has 23 heavy (non-hydrogen) atoms. The number of carbonyl (C=O) groups is 1. The number of benzene rings is 2. The number of amides is 1. The second kappa shape index (κ2) is 7.62. The van der Waals surface area contributed by atoms with Gasteiger partial charge in [-0.3, -0.25) is 4.79 Å². The fourth-order valence-corrected chi connectivity index (χ4v) is 4.21. The molecule has 2 aromatic carbocycles. The maximum absolute atomic E-state index is 12.1. The van der Waals surface area contributed by atoms with Gasteiger partial charge < -0.3 is 5.32 Å². The molecule has 1 heterocycles. The Morgan fingerprint density at radius 3 is 2.91 bits per heavy atom. The zero-order valence-electron chi connectivity index (χ0n) is 11.9. The molecule has 0 atom stereocenters. The van der Waals surface area contributed by atoms with Crippen molar-refractivity contribution in [2.24, 2.45) is 4.99 Å². The molecule has 1 aliphatic heterocycles. The summed E-state index contributed by atoms with van der Waals surface area (Å²) in [7, 11) is 0. The second-order valence-electron chi connectivity index (χ2n) is 4.73. The third kappa shape index (κ3) is 4.23. The zero-order chi connectivity index (χ0) is 16.2. The Morgan fingerprint density at radius 1 is 1.22 bits per heavy atom. The van der Waals surface area contributed by atoms with Gasteiger partial charge in [-0.2, -0.15) is 0 Å². The molecule has 0 aliphatic carbocycles. The van der Waals surface area contributed by atoms with Gasteiger partial charge in [-0.1, -0.05) is 71.0 Å². The first-order chi connectivity index (χ1) is 11.1. The van der Waals surface area contributed by atoms with Gasteiger partial charge in [0.1, 0.15) is 4.38 Å². The van der Waals surface area contributed by atoms with Crippen molar-refractivity contribution in [1.29, 1.82) is 0 Å². The Morgan fingerprint density at radius 2 is 2.04 bits per heavy atom. The minimum atomic E-state index is -0.138. The van der Waals surface area contributed by atoms with E-state index in [4.69, 9.17) is 23.2 Å². The summed E-state index contributed by atoms with van der Waals surface area (Å²) >= 11 is 15.1. The number of rotatable bonds is 3. The Hall–Kier alpha value is -1.14. The number of thioether (sulfide) groups is 2. The van der Waals surface area contributed by atoms with Crippen LogP contribution in [0.25, 0.3) is 0 Å². The Balaban J connectivity index is 1.60. The summed E-state index contributed by atoms with van der Waals surface area (Å²) in [5, 5.41) is 3.54. The quantitative estimate of drug-likeness (QED) is 0.750. The molecule has 0 fully saturated rings. The molecule has 0 unspecified atom stereocenters. The van der Waals surface area contributed by atoms with Crippen LogP contribution in [0.1, 0.15) is 5.56 Å². The van der Waals surface area contributed by atoms with Crippen molar-refractivity contribution in [3.05, 3.63) is 58.1 Å². The van der Waals surface area contributed by atoms with E-state index in [2.05, 4.69) is 16.4 Å². The predicted octanol–water partition coefficient (Wildman–Crippen LogP) is 5.60. The molecule has 7 heteroatoms. The lowest BCUT2D eigenvalue weighted by Crippen LogP contribution is -2.15. The van der Waals surface area contributed by atoms with Gasteiger partial charge in [0.2, 0.25) is 5.91 Å². The number of para-hydroxylation sites is 1. The first-order valence-electron chi connectivity index (χ1n) is 6.79. The van der Waals surface area contributed by atoms with Crippen molar-refractivity contribution in [3.63, 3.8) is 0 Å². The van der Waals surface area contributed by atoms with E-state index >= 15 is 0 Å². The average molecular weight is 383 g/mol. The van der Waals surface area contributed by atoms with Crippen molar-refractivity contribution in [3.8, 4) is 0 Å². The highest BCUT2D eigenvalue weighted by molar-refractivity contribution is 8.38. The number of hydrogen-bond acceptors (Lipinski definition) is 4. The molecule has 1 aliphatic rings. The van der Waals surface area contributed by atoms with Crippen molar-refractivity contribution < 1.29 is 4.79 Å². The van der Waals surface area contributed by atoms with Crippen molar-refractivity contribution >= 4 is 68.4 Å². The number of aliphatic imine (C=N–C) groups is 1. The third-order valence-corrected chi connectivity index (χ3v) is 6.17. The summed E-state index contributed by atoms with van der Waals surface area (Å²) in [5.74, 6) is 1.02. The van der Waals surface area contributed by atoms with Gasteiger partial charge in [0, 0.05) is 5.75 Å². The van der Waals surface area contributed by atoms with Gasteiger partial charge in [-0.05, 0) is 23.8 Å². The van der Waals surface area contributed by atoms with Crippen LogP contribution in [0.2, 0.25) is 10.0 Å². The van der Waals surface area contributed by atoms with E-state index in [9.17, 15) is 4.79 Å². The molecule has 118 valence electrons. The summed E-state index contributed by atoms with van der Waals surface area (Å²) in [6.45, 7) is 0. The van der Waals surface area contributed by atoms with Crippen LogP contribution in [0.5, 0.6) is 0 Å². The normalized spacial score (nSPS) is 13.2. The van der Waals surface area contributed by atoms with Crippen LogP contribution in [0.3, 0.4) is 0 Å². The van der Waals surface area contributed by atoms with Crippen LogP contribution in [0, 0.1) is 0 Å². The summed E-state index contributed by atoms with van der Waals surface area (Å²) in [6, 6.07) is 13.2. The number of anilines is 1. The van der Waals surface area contributed by atoms with Crippen molar-refractivity contribution in [2.75, 3.05) is 11.1 Å². The van der Waals surface area contributed by atoms with Crippen molar-refractivity contribution in [1.82, 2.24) is 0 Å². The highest BCUT2D eigenvalue weighted by Crippen LogP contribution is 2.34. The number of carbonyl (C=O) groups excluding carboxylic acids is 1. The number of halogens is 2. The van der Waals surface area contributed by atoms with E-state index in [1.54, 1.807) is 30.0 Å². The van der Waals surface area contributed by atoms with E-state index < -0.39 is 0 Å². The topological polar surface area (TPSA) is 41.5 Å². The van der Waals surface area contributed by atoms with Gasteiger partial charge in [0.05, 0.1) is 27.2 Å². The lowest BCUT2D eigenvalue weighted by molar-refractivity contribution is -0.113. The monoisotopic (exact) mass is 382 g/mol. The minimum Gasteiger partial charge on any atom is -0.324 e. The molecule has 0 saturated heterocycles. The first kappa shape index (κ1) is 16.7. The van der Waals surface area contributed by atoms with Crippen LogP contribution in [-0.4, -0.2) is 16.0 Å². The Bertz CT molecular complexity index is 780. The summed E-state index contributed by atoms with van der Waals surface area (Å²) in [4.78, 5) is 16.6. The number of nitrogens with one attached hydrogen (secondary N) is 1. The summed E-state index contributed by atoms with van der Waals surface area (Å²) < 4.78 is 0.899. The van der Waals surface area contributed by atoms with Crippen LogP contribution in [-0.2, 0) is 10.5 Å². The molecule has 0 bridgehead atoms. The van der Waals surface area contributed by atoms with Crippen LogP contribution in [0.15, 0.2) is 47.5 Å². The highest BCUT2D eigenvalue weighted by atomic mass is 35.5. The molecule has 3 nitrogen and oxygen atoms in total. The van der Waals surface area contributed by atoms with Crippen LogP contribution >= 0.6 is 46.7 Å². The molecular weight excluding hydrogens is 371 g/mol. The molecule has 0 spiro atoms. The van der Waals surface area contributed by atoms with Gasteiger partial charge in [-0.25, -0.2) is 4.99 Å². The number of hydrogen-bond donors (Lipinski definition) is 1. The molecular formula is C16H12Cl2N2OS2. The smallest absolute Gasteiger partial charge is 0.234 e. The van der Waals surface area contributed by atoms with Gasteiger partial charge in [-0.15, -0.1) is 0 Å². The van der Waals surface area contributed by atoms with E-state index in [-0.39, 0.29) is 11.7 Å². The largest absolute Gasteiger partial charge is 0.324 e. The molecule has 1 amide bonds. The molecule has 1 N–H and O–H groups in total. The highest BCUT2D eigenvalue weighted by Gasteiger charge is 2.15. The Labute approximate surface area is 152 Å². The van der Waals surface area contributed by atoms with E-state index in [1.165, 1.54) is 17.3 Å². The summed E-state index contributed by atoms with van der Waals surface area (Å²) in [5.41, 5.74) is 2.72. The van der Waals surface area contributed by atoms with Crippen LogP contribution in [0.4, 0.5) is 11.4 Å². The minimum absolute atomic E-state index is 0.138. The third-order valence-electron chi connectivity index (χ3n) is 3.11. The predicted molar refractivity (Wildman–Crippen MR) is 102 cm³/mol. The van der Waals surface area contributed by atoms with Crippen molar-refractivity contribution in [2.45, 2.75) is 5.75 Å². The molecule has 0 radical (unpaired) electrons. The lowest BCUT2D eigenvalue weighted by atomic mass is 10.2. The maximum atomic E-state index is 12.1. The number of nitrogens with zero attached hydrogens (tertiary/aromatic N) is 1. The molecule has 0 aromatic heterocycles. The van der Waals surface area contributed by atoms with Gasteiger partial charge in [0.25, 0.3) is 0 Å². The second-order valence-corrected chi connectivity index (χ2v) is 7.71. The fourth-order valence-electron chi connectivity index (χ4n) is 2.00. The molecule has 3 rings (SSSR count). The standard InChI is InChI=1S/C16H12Cl2N2OS2/c17-11-5-3-7-13(15(11)18)19-14(21)9-23-16-20-12-6-2-1-4-10(12)8-22-16/h1-7H,8-9H2,(H,19,21). The first-order valence-corrected chi connectivity index (χ1v) is 9.52. The Kier molecular flexibility index (Phi) is 5.54. The number of fused-ring (bicyclic) bond motifs is 1. The zero-order valence-corrected chi connectivity index (χ0v) is 15.0. The van der Waals surface area contributed by atoms with E-state index in [0.717, 1.165) is 15.8 Å². The van der Waals surface area contributed by atoms with Crippen LogP contribution < -0.4 is 5.32 Å². The van der Waals surface area contributed by atoms with Gasteiger partial charge in [0.15, 0.2) is 0 Å². The SMILES string of the molecule is O=C(CSC1=Nc2ccccc2CS1)Nc1cccc(Cl)c1Cl. The van der Waals surface area contributed by atoms with Gasteiger partial charge >= 0.3 is 0 Å². The van der Waals surface area contributed by atoms with E-state index in [1.807, 2.05) is 18.2 Å². The maximum Gasteiger partial charge on any atom is 0.234 e. The van der Waals surface area contributed by atoms with E-state index in [0.29, 0.717) is 15.7 Å². The molecule has 2 aromatic rings. The summed E-state index contributed by atoms with van der Waals surface area (Å²) in [6.07, 6.45) is 0. The fraction of sp³-hybridized carbons (Fsp3) is 0.125. The average Bonchev–Trinajstić information content (AvgIpc) is 2.57. The lowest BCUT2D eigenvalue weighted by Gasteiger charge is -2.14. The molecule has 0 saturated carbocycles.